The fraction of sp³-hybridized carbons (Fsp3) is 0.250. The number of carbonyl (C=O) groups is 1. The van der Waals surface area contributed by atoms with Crippen molar-refractivity contribution < 1.29 is 9.53 Å². The zero-order chi connectivity index (χ0) is 10.4. The quantitative estimate of drug-likeness (QED) is 0.682. The second-order valence-electron chi connectivity index (χ2n) is 2.23. The van der Waals surface area contributed by atoms with Crippen LogP contribution in [0.4, 0.5) is 4.79 Å². The molecule has 76 valence electrons. The monoisotopic (exact) mass is 276 g/mol. The van der Waals surface area contributed by atoms with Crippen molar-refractivity contribution in [2.24, 2.45) is 5.10 Å². The molecule has 6 heteroatoms. The van der Waals surface area contributed by atoms with Gasteiger partial charge in [-0.3, -0.25) is 0 Å². The van der Waals surface area contributed by atoms with Crippen molar-refractivity contribution in [2.75, 3.05) is 6.61 Å². The number of thiophene rings is 1. The summed E-state index contributed by atoms with van der Waals surface area (Å²) in [5.41, 5.74) is 2.24. The Labute approximate surface area is 94.1 Å². The molecular weight excluding hydrogens is 268 g/mol. The Morgan fingerprint density at radius 2 is 2.57 bits per heavy atom. The van der Waals surface area contributed by atoms with Gasteiger partial charge in [-0.05, 0) is 35.0 Å². The van der Waals surface area contributed by atoms with E-state index in [4.69, 9.17) is 0 Å². The highest BCUT2D eigenvalue weighted by Crippen LogP contribution is 2.20. The first kappa shape index (κ1) is 11.2. The number of carbonyl (C=O) groups excluding carboxylic acids is 1. The van der Waals surface area contributed by atoms with Crippen LogP contribution in [0.15, 0.2) is 21.0 Å². The van der Waals surface area contributed by atoms with Crippen LogP contribution in [0, 0.1) is 0 Å². The molecule has 0 aromatic carbocycles. The number of hydrogen-bond acceptors (Lipinski definition) is 4. The lowest BCUT2D eigenvalue weighted by Gasteiger charge is -1.97. The predicted molar refractivity (Wildman–Crippen MR) is 59.8 cm³/mol. The van der Waals surface area contributed by atoms with E-state index in [1.165, 1.54) is 11.3 Å². The van der Waals surface area contributed by atoms with Gasteiger partial charge in [0.1, 0.15) is 0 Å². The fourth-order valence-corrected chi connectivity index (χ4v) is 2.01. The van der Waals surface area contributed by atoms with Gasteiger partial charge < -0.3 is 4.74 Å². The SMILES string of the molecule is CCOC(=O)N/N=C\c1ccc(Br)s1. The number of ether oxygens (including phenoxy) is 1. The van der Waals surface area contributed by atoms with E-state index in [0.29, 0.717) is 6.61 Å². The molecule has 14 heavy (non-hydrogen) atoms. The van der Waals surface area contributed by atoms with Crippen molar-refractivity contribution in [2.45, 2.75) is 6.92 Å². The van der Waals surface area contributed by atoms with Gasteiger partial charge in [-0.25, -0.2) is 10.2 Å². The summed E-state index contributed by atoms with van der Waals surface area (Å²) in [5.74, 6) is 0. The third kappa shape index (κ3) is 3.89. The second kappa shape index (κ2) is 5.77. The maximum Gasteiger partial charge on any atom is 0.427 e. The van der Waals surface area contributed by atoms with E-state index in [1.807, 2.05) is 12.1 Å². The minimum atomic E-state index is -0.542. The maximum atomic E-state index is 10.8. The number of amides is 1. The summed E-state index contributed by atoms with van der Waals surface area (Å²) in [6, 6.07) is 3.81. The molecule has 0 aliphatic carbocycles. The molecule has 0 aliphatic rings. The Balaban J connectivity index is 2.37. The van der Waals surface area contributed by atoms with Gasteiger partial charge >= 0.3 is 6.09 Å². The van der Waals surface area contributed by atoms with E-state index in [9.17, 15) is 4.79 Å². The minimum Gasteiger partial charge on any atom is -0.449 e. The van der Waals surface area contributed by atoms with Crippen molar-refractivity contribution in [3.05, 3.63) is 20.8 Å². The van der Waals surface area contributed by atoms with Crippen molar-refractivity contribution in [3.63, 3.8) is 0 Å². The Hall–Kier alpha value is -0.880. The van der Waals surface area contributed by atoms with E-state index in [-0.39, 0.29) is 0 Å². The van der Waals surface area contributed by atoms with Crippen LogP contribution in [0.3, 0.4) is 0 Å². The summed E-state index contributed by atoms with van der Waals surface area (Å²) in [7, 11) is 0. The van der Waals surface area contributed by atoms with Crippen LogP contribution in [0.1, 0.15) is 11.8 Å². The van der Waals surface area contributed by atoms with E-state index in [2.05, 4.69) is 31.2 Å². The van der Waals surface area contributed by atoms with Crippen LogP contribution < -0.4 is 5.43 Å². The molecule has 4 nitrogen and oxygen atoms in total. The van der Waals surface area contributed by atoms with Gasteiger partial charge in [-0.15, -0.1) is 11.3 Å². The number of nitrogens with one attached hydrogen (secondary N) is 1. The fourth-order valence-electron chi connectivity index (χ4n) is 0.710. The highest BCUT2D eigenvalue weighted by molar-refractivity contribution is 9.11. The van der Waals surface area contributed by atoms with Gasteiger partial charge in [-0.2, -0.15) is 5.10 Å². The van der Waals surface area contributed by atoms with E-state index in [1.54, 1.807) is 13.1 Å². The zero-order valence-electron chi connectivity index (χ0n) is 7.49. The molecule has 1 amide bonds. The minimum absolute atomic E-state index is 0.339. The smallest absolute Gasteiger partial charge is 0.427 e. The molecule has 1 aromatic heterocycles. The standard InChI is InChI=1S/C8H9BrN2O2S/c1-2-13-8(12)11-10-5-6-3-4-7(9)14-6/h3-5H,2H2,1H3,(H,11,12)/b10-5-. The summed E-state index contributed by atoms with van der Waals surface area (Å²) in [6.45, 7) is 2.07. The average molecular weight is 277 g/mol. The molecule has 1 heterocycles. The summed E-state index contributed by atoms with van der Waals surface area (Å²) in [5, 5.41) is 3.71. The molecule has 0 atom stereocenters. The van der Waals surface area contributed by atoms with Crippen LogP contribution in [-0.2, 0) is 4.74 Å². The van der Waals surface area contributed by atoms with Crippen LogP contribution in [0.2, 0.25) is 0 Å². The first-order valence-corrected chi connectivity index (χ1v) is 5.54. The van der Waals surface area contributed by atoms with Gasteiger partial charge in [0.2, 0.25) is 0 Å². The van der Waals surface area contributed by atoms with Gasteiger partial charge in [0.25, 0.3) is 0 Å². The lowest BCUT2D eigenvalue weighted by atomic mass is 10.5. The third-order valence-electron chi connectivity index (χ3n) is 1.22. The van der Waals surface area contributed by atoms with Gasteiger partial charge in [-0.1, -0.05) is 0 Å². The van der Waals surface area contributed by atoms with E-state index in [0.717, 1.165) is 8.66 Å². The predicted octanol–water partition coefficient (Wildman–Crippen LogP) is 2.59. The Morgan fingerprint density at radius 1 is 1.79 bits per heavy atom. The van der Waals surface area contributed by atoms with Crippen molar-refractivity contribution in [1.82, 2.24) is 5.43 Å². The summed E-state index contributed by atoms with van der Waals surface area (Å²) < 4.78 is 5.64. The molecule has 0 saturated carbocycles. The Kier molecular flexibility index (Phi) is 4.61. The number of hydrazone groups is 1. The van der Waals surface area contributed by atoms with Gasteiger partial charge in [0.15, 0.2) is 0 Å². The highest BCUT2D eigenvalue weighted by atomic mass is 79.9. The first-order valence-electron chi connectivity index (χ1n) is 3.93. The maximum absolute atomic E-state index is 10.8. The molecule has 0 unspecified atom stereocenters. The van der Waals surface area contributed by atoms with Crippen LogP contribution in [0.25, 0.3) is 0 Å². The summed E-state index contributed by atoms with van der Waals surface area (Å²) in [4.78, 5) is 11.7. The van der Waals surface area contributed by atoms with Crippen molar-refractivity contribution >= 4 is 39.6 Å². The topological polar surface area (TPSA) is 50.7 Å². The average Bonchev–Trinajstić information content (AvgIpc) is 2.52. The molecule has 0 fully saturated rings. The Morgan fingerprint density at radius 3 is 3.14 bits per heavy atom. The van der Waals surface area contributed by atoms with Crippen LogP contribution >= 0.6 is 27.3 Å². The zero-order valence-corrected chi connectivity index (χ0v) is 9.89. The molecule has 1 N–H and O–H groups in total. The molecule has 1 aromatic rings. The molecule has 1 rings (SSSR count). The molecular formula is C8H9BrN2O2S. The number of hydrogen-bond donors (Lipinski definition) is 1. The molecule has 0 saturated heterocycles. The second-order valence-corrected chi connectivity index (χ2v) is 4.73. The van der Waals surface area contributed by atoms with Crippen molar-refractivity contribution in [3.8, 4) is 0 Å². The molecule has 0 aliphatic heterocycles. The van der Waals surface area contributed by atoms with E-state index < -0.39 is 6.09 Å². The Bertz CT molecular complexity index is 338. The molecule has 0 bridgehead atoms. The van der Waals surface area contributed by atoms with Gasteiger partial charge in [0, 0.05) is 4.88 Å². The highest BCUT2D eigenvalue weighted by Gasteiger charge is 1.96. The van der Waals surface area contributed by atoms with Crippen LogP contribution in [-0.4, -0.2) is 18.9 Å². The van der Waals surface area contributed by atoms with Gasteiger partial charge in [0.05, 0.1) is 16.6 Å². The van der Waals surface area contributed by atoms with E-state index >= 15 is 0 Å². The lowest BCUT2D eigenvalue weighted by molar-refractivity contribution is 0.152. The molecule has 0 spiro atoms. The lowest BCUT2D eigenvalue weighted by Crippen LogP contribution is -2.18. The van der Waals surface area contributed by atoms with Crippen LogP contribution in [0.5, 0.6) is 0 Å². The third-order valence-corrected chi connectivity index (χ3v) is 2.78. The molecule has 0 radical (unpaired) electrons. The largest absolute Gasteiger partial charge is 0.449 e. The van der Waals surface area contributed by atoms with Crippen molar-refractivity contribution in [1.29, 1.82) is 0 Å². The number of halogens is 1. The first-order chi connectivity index (χ1) is 6.72. The number of rotatable bonds is 3. The normalized spacial score (nSPS) is 10.4. The number of nitrogens with zero attached hydrogens (tertiary/aromatic N) is 1. The summed E-state index contributed by atoms with van der Waals surface area (Å²) >= 11 is 4.85. The summed E-state index contributed by atoms with van der Waals surface area (Å²) in [6.07, 6.45) is 1.02.